The van der Waals surface area contributed by atoms with Crippen LogP contribution in [0.1, 0.15) is 13.8 Å². The van der Waals surface area contributed by atoms with Gasteiger partial charge in [-0.3, -0.25) is 0 Å². The van der Waals surface area contributed by atoms with Crippen LogP contribution in [0, 0.1) is 0 Å². The fraction of sp³-hybridized carbons (Fsp3) is 1.00. The van der Waals surface area contributed by atoms with Gasteiger partial charge in [0.1, 0.15) is 0 Å². The summed E-state index contributed by atoms with van der Waals surface area (Å²) in [6.45, 7) is 6.39. The molecule has 0 aliphatic rings. The van der Waals surface area contributed by atoms with Crippen LogP contribution in [0.4, 0.5) is 0 Å². The van der Waals surface area contributed by atoms with E-state index in [0.717, 1.165) is 13.1 Å². The first-order chi connectivity index (χ1) is 2.41. The van der Waals surface area contributed by atoms with Gasteiger partial charge in [-0.05, 0) is 13.1 Å². The Kier molecular flexibility index (Phi) is 35.3. The van der Waals surface area contributed by atoms with Gasteiger partial charge >= 0.3 is 18.9 Å². The van der Waals surface area contributed by atoms with E-state index in [0.29, 0.717) is 0 Å². The molecule has 0 fully saturated rings. The summed E-state index contributed by atoms with van der Waals surface area (Å²) < 4.78 is 0. The Bertz CT molecular complexity index is 19.2. The van der Waals surface area contributed by atoms with E-state index in [9.17, 15) is 0 Å². The van der Waals surface area contributed by atoms with E-state index in [1.807, 2.05) is 0 Å². The molecule has 3 heteroatoms. The zero-order valence-corrected chi connectivity index (χ0v) is 5.16. The van der Waals surface area contributed by atoms with Gasteiger partial charge in [-0.15, -0.1) is 0 Å². The van der Waals surface area contributed by atoms with Crippen molar-refractivity contribution in [2.45, 2.75) is 13.8 Å². The second-order valence-electron chi connectivity index (χ2n) is 0.957. The van der Waals surface area contributed by atoms with Gasteiger partial charge in [0, 0.05) is 17.1 Å². The maximum atomic E-state index is 3.11. The minimum atomic E-state index is 0. The van der Waals surface area contributed by atoms with Crippen LogP contribution >= 0.6 is 0 Å². The Balaban J connectivity index is -0.0000000800. The molecule has 0 unspecified atom stereocenters. The van der Waals surface area contributed by atoms with Gasteiger partial charge in [-0.25, -0.2) is 0 Å². The summed E-state index contributed by atoms with van der Waals surface area (Å²) in [4.78, 5) is 0. The number of hydrogen-bond donors (Lipinski definition) is 1. The average molecular weight is 145 g/mol. The van der Waals surface area contributed by atoms with E-state index >= 15 is 0 Å². The summed E-state index contributed by atoms with van der Waals surface area (Å²) in [5.74, 6) is 0. The van der Waals surface area contributed by atoms with E-state index in [1.54, 1.807) is 0 Å². The van der Waals surface area contributed by atoms with Crippen molar-refractivity contribution < 1.29 is 17.1 Å². The number of rotatable bonds is 2. The molecule has 0 aliphatic carbocycles. The molecule has 0 aromatic carbocycles. The predicted octanol–water partition coefficient (Wildman–Crippen LogP) is -0.0352. The molecule has 1 nitrogen and oxygen atoms in total. The summed E-state index contributed by atoms with van der Waals surface area (Å²) in [5, 5.41) is 3.11. The molecule has 0 amide bonds. The predicted molar refractivity (Wildman–Crippen MR) is 31.4 cm³/mol. The van der Waals surface area contributed by atoms with Crippen molar-refractivity contribution in [2.75, 3.05) is 13.1 Å². The molecular formula is C4H12CuLiN. The Morgan fingerprint density at radius 1 is 1.14 bits per heavy atom. The fourth-order valence-electron chi connectivity index (χ4n) is 0.250. The minimum absolute atomic E-state index is 0. The van der Waals surface area contributed by atoms with E-state index in [4.69, 9.17) is 0 Å². The molecule has 0 saturated carbocycles. The monoisotopic (exact) mass is 144 g/mol. The molecule has 1 N–H and O–H groups in total. The van der Waals surface area contributed by atoms with Crippen LogP contribution in [0.5, 0.6) is 0 Å². The van der Waals surface area contributed by atoms with Crippen LogP contribution in [0.15, 0.2) is 0 Å². The molecule has 0 heterocycles. The standard InChI is InChI=1S/C4H11N.Cu.Li.H/c1-3-5-4-2;;;/h5H,3-4H2,1-2H3;;;. The number of nitrogens with one attached hydrogen (secondary N) is 1. The Morgan fingerprint density at radius 2 is 1.43 bits per heavy atom. The molecule has 0 bridgehead atoms. The quantitative estimate of drug-likeness (QED) is 0.537. The van der Waals surface area contributed by atoms with Crippen LogP contribution in [0.2, 0.25) is 0 Å². The molecule has 0 rings (SSSR count). The molecule has 0 aromatic heterocycles. The van der Waals surface area contributed by atoms with Crippen molar-refractivity contribution in [1.29, 1.82) is 0 Å². The van der Waals surface area contributed by atoms with Crippen molar-refractivity contribution in [3.8, 4) is 0 Å². The van der Waals surface area contributed by atoms with E-state index in [1.165, 1.54) is 0 Å². The summed E-state index contributed by atoms with van der Waals surface area (Å²) in [7, 11) is 0. The Hall–Kier alpha value is 1.08. The average Bonchev–Trinajstić information content (AvgIpc) is 1.41. The van der Waals surface area contributed by atoms with Crippen LogP contribution in [-0.4, -0.2) is 32.0 Å². The molecule has 0 aliphatic heterocycles. The second kappa shape index (κ2) is 15.7. The van der Waals surface area contributed by atoms with Gasteiger partial charge in [0.25, 0.3) is 0 Å². The fourth-order valence-corrected chi connectivity index (χ4v) is 0.250. The van der Waals surface area contributed by atoms with Gasteiger partial charge in [0.15, 0.2) is 0 Å². The molecule has 0 saturated heterocycles. The Labute approximate surface area is 68.3 Å². The van der Waals surface area contributed by atoms with Crippen molar-refractivity contribution >= 4 is 18.9 Å². The molecule has 45 valence electrons. The Morgan fingerprint density at radius 3 is 1.43 bits per heavy atom. The van der Waals surface area contributed by atoms with Gasteiger partial charge in [-0.1, -0.05) is 13.8 Å². The van der Waals surface area contributed by atoms with Crippen molar-refractivity contribution in [3.63, 3.8) is 0 Å². The summed E-state index contributed by atoms with van der Waals surface area (Å²) in [6.07, 6.45) is 0. The van der Waals surface area contributed by atoms with E-state index in [2.05, 4.69) is 19.2 Å². The SMILES string of the molecule is CCNCC.[Cu].[LiH]. The van der Waals surface area contributed by atoms with Crippen LogP contribution in [0.25, 0.3) is 0 Å². The first-order valence-corrected chi connectivity index (χ1v) is 2.12. The van der Waals surface area contributed by atoms with Crippen molar-refractivity contribution in [1.82, 2.24) is 5.32 Å². The zero-order chi connectivity index (χ0) is 4.12. The first-order valence-electron chi connectivity index (χ1n) is 2.12. The zero-order valence-electron chi connectivity index (χ0n) is 4.22. The molecule has 7 heavy (non-hydrogen) atoms. The van der Waals surface area contributed by atoms with E-state index in [-0.39, 0.29) is 35.9 Å². The third kappa shape index (κ3) is 19.3. The third-order valence-electron chi connectivity index (χ3n) is 0.500. The summed E-state index contributed by atoms with van der Waals surface area (Å²) >= 11 is 0. The van der Waals surface area contributed by atoms with E-state index < -0.39 is 0 Å². The van der Waals surface area contributed by atoms with Crippen molar-refractivity contribution in [2.24, 2.45) is 0 Å². The molecule has 0 aromatic rings. The number of hydrogen-bond acceptors (Lipinski definition) is 1. The maximum absolute atomic E-state index is 3.11. The molecular weight excluding hydrogens is 133 g/mol. The normalized spacial score (nSPS) is 6.00. The van der Waals surface area contributed by atoms with Crippen LogP contribution in [0.3, 0.4) is 0 Å². The van der Waals surface area contributed by atoms with Crippen LogP contribution in [-0.2, 0) is 17.1 Å². The summed E-state index contributed by atoms with van der Waals surface area (Å²) in [6, 6.07) is 0. The molecule has 1 radical (unpaired) electrons. The summed E-state index contributed by atoms with van der Waals surface area (Å²) in [5.41, 5.74) is 0. The van der Waals surface area contributed by atoms with Crippen LogP contribution < -0.4 is 5.32 Å². The molecule has 0 atom stereocenters. The van der Waals surface area contributed by atoms with Gasteiger partial charge < -0.3 is 5.32 Å². The van der Waals surface area contributed by atoms with Gasteiger partial charge in [-0.2, -0.15) is 0 Å². The third-order valence-corrected chi connectivity index (χ3v) is 0.500. The van der Waals surface area contributed by atoms with Crippen molar-refractivity contribution in [3.05, 3.63) is 0 Å². The van der Waals surface area contributed by atoms with Gasteiger partial charge in [0.05, 0.1) is 0 Å². The second-order valence-corrected chi connectivity index (χ2v) is 0.957. The van der Waals surface area contributed by atoms with Gasteiger partial charge in [0.2, 0.25) is 0 Å². The first kappa shape index (κ1) is 15.7. The topological polar surface area (TPSA) is 12.0 Å². The molecule has 0 spiro atoms.